The minimum Gasteiger partial charge on any atom is -0.305 e. The van der Waals surface area contributed by atoms with E-state index in [1.165, 1.54) is 5.56 Å². The first-order valence-corrected chi connectivity index (χ1v) is 5.82. The third kappa shape index (κ3) is 4.96. The Morgan fingerprint density at radius 3 is 2.38 bits per heavy atom. The van der Waals surface area contributed by atoms with Crippen LogP contribution in [-0.4, -0.2) is 11.3 Å². The third-order valence-corrected chi connectivity index (χ3v) is 2.46. The molecule has 0 amide bonds. The van der Waals surface area contributed by atoms with Crippen LogP contribution < -0.4 is 5.43 Å². The summed E-state index contributed by atoms with van der Waals surface area (Å²) in [6, 6.07) is 10.6. The van der Waals surface area contributed by atoms with Crippen LogP contribution in [0.3, 0.4) is 0 Å². The summed E-state index contributed by atoms with van der Waals surface area (Å²) in [5.74, 6) is 0. The number of benzene rings is 1. The van der Waals surface area contributed by atoms with E-state index in [2.05, 4.69) is 54.7 Å². The van der Waals surface area contributed by atoms with Gasteiger partial charge in [-0.3, -0.25) is 0 Å². The number of aryl methyl sites for hydroxylation is 1. The van der Waals surface area contributed by atoms with Gasteiger partial charge in [0.05, 0.1) is 0 Å². The molecule has 0 aliphatic carbocycles. The normalized spacial score (nSPS) is 11.0. The van der Waals surface area contributed by atoms with Gasteiger partial charge in [0.25, 0.3) is 0 Å². The van der Waals surface area contributed by atoms with E-state index in [0.29, 0.717) is 0 Å². The molecule has 0 aromatic heterocycles. The zero-order chi connectivity index (χ0) is 12.0. The summed E-state index contributed by atoms with van der Waals surface area (Å²) < 4.78 is 0. The van der Waals surface area contributed by atoms with Crippen molar-refractivity contribution in [3.05, 3.63) is 35.9 Å². The van der Waals surface area contributed by atoms with Gasteiger partial charge in [-0.15, -0.1) is 0 Å². The first-order chi connectivity index (χ1) is 7.49. The van der Waals surface area contributed by atoms with Gasteiger partial charge in [-0.25, -0.2) is 0 Å². The molecule has 0 radical (unpaired) electrons. The monoisotopic (exact) mass is 218 g/mol. The number of nitrogens with one attached hydrogen (secondary N) is 1. The zero-order valence-corrected chi connectivity index (χ0v) is 10.7. The Morgan fingerprint density at radius 2 is 1.81 bits per heavy atom. The summed E-state index contributed by atoms with van der Waals surface area (Å²) in [5, 5.41) is 4.28. The van der Waals surface area contributed by atoms with E-state index in [-0.39, 0.29) is 5.54 Å². The van der Waals surface area contributed by atoms with Gasteiger partial charge in [0.1, 0.15) is 0 Å². The molecule has 0 spiro atoms. The molecule has 0 atom stereocenters. The molecule has 16 heavy (non-hydrogen) atoms. The number of hydrogen-bond donors (Lipinski definition) is 1. The van der Waals surface area contributed by atoms with E-state index >= 15 is 0 Å². The van der Waals surface area contributed by atoms with Crippen LogP contribution in [0.4, 0.5) is 0 Å². The smallest absolute Gasteiger partial charge is 0.0496 e. The first-order valence-electron chi connectivity index (χ1n) is 5.82. The molecule has 1 aromatic rings. The molecule has 2 nitrogen and oxygen atoms in total. The molecule has 0 aliphatic heterocycles. The summed E-state index contributed by atoms with van der Waals surface area (Å²) in [6.45, 7) is 8.37. The van der Waals surface area contributed by atoms with Crippen molar-refractivity contribution in [3.63, 3.8) is 0 Å². The highest BCUT2D eigenvalue weighted by atomic mass is 15.3. The summed E-state index contributed by atoms with van der Waals surface area (Å²) in [7, 11) is 0. The van der Waals surface area contributed by atoms with Crippen LogP contribution in [0.15, 0.2) is 35.4 Å². The van der Waals surface area contributed by atoms with E-state index in [9.17, 15) is 0 Å². The number of nitrogens with zero attached hydrogens (tertiary/aromatic N) is 1. The van der Waals surface area contributed by atoms with E-state index < -0.39 is 0 Å². The van der Waals surface area contributed by atoms with Gasteiger partial charge in [-0.2, -0.15) is 5.10 Å². The van der Waals surface area contributed by atoms with Crippen molar-refractivity contribution in [1.29, 1.82) is 0 Å². The average Bonchev–Trinajstić information content (AvgIpc) is 2.26. The number of hydrazone groups is 1. The quantitative estimate of drug-likeness (QED) is 0.594. The Balaban J connectivity index is 2.45. The standard InChI is InChI=1S/C14H22N2/c1-12(2)15-16-14(3,4)11-10-13-8-6-5-7-9-13/h5-9,16H,10-11H2,1-4H3. The second-order valence-electron chi connectivity index (χ2n) is 5.04. The molecule has 0 aliphatic rings. The molecule has 1 rings (SSSR count). The van der Waals surface area contributed by atoms with Crippen molar-refractivity contribution >= 4 is 5.71 Å². The van der Waals surface area contributed by atoms with E-state index in [4.69, 9.17) is 0 Å². The van der Waals surface area contributed by atoms with Gasteiger partial charge in [0.15, 0.2) is 0 Å². The molecule has 0 unspecified atom stereocenters. The van der Waals surface area contributed by atoms with Crippen molar-refractivity contribution in [1.82, 2.24) is 5.43 Å². The first kappa shape index (κ1) is 12.8. The SMILES string of the molecule is CC(C)=NNC(C)(C)CCc1ccccc1. The van der Waals surface area contributed by atoms with Gasteiger partial charge in [-0.1, -0.05) is 30.3 Å². The second kappa shape index (κ2) is 5.69. The van der Waals surface area contributed by atoms with Crippen molar-refractivity contribution < 1.29 is 0 Å². The average molecular weight is 218 g/mol. The van der Waals surface area contributed by atoms with Crippen LogP contribution in [0.25, 0.3) is 0 Å². The minimum atomic E-state index is 0.0487. The summed E-state index contributed by atoms with van der Waals surface area (Å²) in [4.78, 5) is 0. The van der Waals surface area contributed by atoms with E-state index in [0.717, 1.165) is 18.6 Å². The second-order valence-corrected chi connectivity index (χ2v) is 5.04. The van der Waals surface area contributed by atoms with Gasteiger partial charge in [0, 0.05) is 11.3 Å². The van der Waals surface area contributed by atoms with Crippen molar-refractivity contribution in [3.8, 4) is 0 Å². The molecule has 2 heteroatoms. The molecular formula is C14H22N2. The Bertz CT molecular complexity index is 335. The lowest BCUT2D eigenvalue weighted by Crippen LogP contribution is -2.36. The van der Waals surface area contributed by atoms with Gasteiger partial charge < -0.3 is 5.43 Å². The Labute approximate surface area is 98.8 Å². The Morgan fingerprint density at radius 1 is 1.19 bits per heavy atom. The fourth-order valence-electron chi connectivity index (χ4n) is 1.42. The number of rotatable bonds is 5. The summed E-state index contributed by atoms with van der Waals surface area (Å²) in [5.41, 5.74) is 5.71. The van der Waals surface area contributed by atoms with Gasteiger partial charge >= 0.3 is 0 Å². The fourth-order valence-corrected chi connectivity index (χ4v) is 1.42. The van der Waals surface area contributed by atoms with Crippen molar-refractivity contribution in [2.45, 2.75) is 46.1 Å². The van der Waals surface area contributed by atoms with E-state index in [1.54, 1.807) is 0 Å². The topological polar surface area (TPSA) is 24.4 Å². The fraction of sp³-hybridized carbons (Fsp3) is 0.500. The lowest BCUT2D eigenvalue weighted by molar-refractivity contribution is 0.372. The van der Waals surface area contributed by atoms with Crippen LogP contribution in [0, 0.1) is 0 Å². The minimum absolute atomic E-state index is 0.0487. The zero-order valence-electron chi connectivity index (χ0n) is 10.7. The Hall–Kier alpha value is -1.31. The maximum absolute atomic E-state index is 4.28. The largest absolute Gasteiger partial charge is 0.305 e. The molecule has 0 heterocycles. The molecule has 1 aromatic carbocycles. The van der Waals surface area contributed by atoms with Gasteiger partial charge in [-0.05, 0) is 46.1 Å². The molecule has 1 N–H and O–H groups in total. The third-order valence-electron chi connectivity index (χ3n) is 2.46. The van der Waals surface area contributed by atoms with Crippen LogP contribution in [0.1, 0.15) is 39.7 Å². The summed E-state index contributed by atoms with van der Waals surface area (Å²) >= 11 is 0. The Kier molecular flexibility index (Phi) is 4.53. The van der Waals surface area contributed by atoms with Crippen LogP contribution in [0.5, 0.6) is 0 Å². The van der Waals surface area contributed by atoms with Crippen LogP contribution in [-0.2, 0) is 6.42 Å². The number of hydrogen-bond acceptors (Lipinski definition) is 2. The molecule has 88 valence electrons. The predicted molar refractivity (Wildman–Crippen MR) is 70.8 cm³/mol. The molecule has 0 saturated heterocycles. The van der Waals surface area contributed by atoms with E-state index in [1.807, 2.05) is 13.8 Å². The van der Waals surface area contributed by atoms with Crippen LogP contribution >= 0.6 is 0 Å². The maximum atomic E-state index is 4.28. The lowest BCUT2D eigenvalue weighted by atomic mass is 9.96. The highest BCUT2D eigenvalue weighted by Crippen LogP contribution is 2.13. The van der Waals surface area contributed by atoms with Crippen LogP contribution in [0.2, 0.25) is 0 Å². The predicted octanol–water partition coefficient (Wildman–Crippen LogP) is 3.38. The molecule has 0 fully saturated rings. The molecular weight excluding hydrogens is 196 g/mol. The van der Waals surface area contributed by atoms with Crippen molar-refractivity contribution in [2.75, 3.05) is 0 Å². The molecule has 0 bridgehead atoms. The van der Waals surface area contributed by atoms with Gasteiger partial charge in [0.2, 0.25) is 0 Å². The van der Waals surface area contributed by atoms with Crippen molar-refractivity contribution in [2.24, 2.45) is 5.10 Å². The highest BCUT2D eigenvalue weighted by Gasteiger charge is 2.15. The molecule has 0 saturated carbocycles. The maximum Gasteiger partial charge on any atom is 0.0496 e. The summed E-state index contributed by atoms with van der Waals surface area (Å²) in [6.07, 6.45) is 2.16. The lowest BCUT2D eigenvalue weighted by Gasteiger charge is -2.24. The highest BCUT2D eigenvalue weighted by molar-refractivity contribution is 5.78.